The lowest BCUT2D eigenvalue weighted by Gasteiger charge is -2.33. The number of methoxy groups -OCH3 is 1. The van der Waals surface area contributed by atoms with E-state index in [1.165, 1.54) is 7.11 Å². The first kappa shape index (κ1) is 15.8. The van der Waals surface area contributed by atoms with E-state index in [1.807, 2.05) is 17.5 Å². The zero-order valence-corrected chi connectivity index (χ0v) is 13.0. The van der Waals surface area contributed by atoms with Gasteiger partial charge in [0.15, 0.2) is 0 Å². The third kappa shape index (κ3) is 5.02. The van der Waals surface area contributed by atoms with Crippen LogP contribution in [0.25, 0.3) is 0 Å². The third-order valence-corrected chi connectivity index (χ3v) is 4.35. The molecule has 7 heteroatoms. The van der Waals surface area contributed by atoms with E-state index in [0.717, 1.165) is 24.5 Å². The topological polar surface area (TPSA) is 61.9 Å². The monoisotopic (exact) mass is 311 g/mol. The maximum Gasteiger partial charge on any atom is 0.409 e. The number of amides is 2. The van der Waals surface area contributed by atoms with Crippen molar-refractivity contribution in [3.05, 3.63) is 22.4 Å². The molecule has 2 rings (SSSR count). The fraction of sp³-hybridized carbons (Fsp3) is 0.571. The van der Waals surface area contributed by atoms with Crippen LogP contribution in [0.1, 0.15) is 4.88 Å². The van der Waals surface area contributed by atoms with Crippen molar-refractivity contribution in [1.82, 2.24) is 15.1 Å². The van der Waals surface area contributed by atoms with Gasteiger partial charge >= 0.3 is 6.09 Å². The van der Waals surface area contributed by atoms with Crippen molar-refractivity contribution in [2.24, 2.45) is 0 Å². The summed E-state index contributed by atoms with van der Waals surface area (Å²) in [6, 6.07) is 3.92. The second-order valence-electron chi connectivity index (χ2n) is 4.90. The van der Waals surface area contributed by atoms with E-state index >= 15 is 0 Å². The Balaban J connectivity index is 1.59. The molecule has 6 nitrogen and oxygen atoms in total. The van der Waals surface area contributed by atoms with Gasteiger partial charge in [-0.2, -0.15) is 0 Å². The first-order chi connectivity index (χ1) is 10.2. The van der Waals surface area contributed by atoms with Crippen LogP contribution >= 0.6 is 11.3 Å². The number of nitrogens with one attached hydrogen (secondary N) is 1. The minimum atomic E-state index is -0.265. The fourth-order valence-corrected chi connectivity index (χ4v) is 2.97. The van der Waals surface area contributed by atoms with Crippen molar-refractivity contribution in [2.45, 2.75) is 6.42 Å². The lowest BCUT2D eigenvalue weighted by atomic mass is 10.3. The molecule has 0 aromatic carbocycles. The summed E-state index contributed by atoms with van der Waals surface area (Å²) in [7, 11) is 1.40. The maximum atomic E-state index is 11.7. The average Bonchev–Trinajstić information content (AvgIpc) is 3.00. The van der Waals surface area contributed by atoms with Crippen LogP contribution in [-0.2, 0) is 16.0 Å². The molecule has 0 spiro atoms. The van der Waals surface area contributed by atoms with Crippen molar-refractivity contribution in [3.63, 3.8) is 0 Å². The molecule has 21 heavy (non-hydrogen) atoms. The highest BCUT2D eigenvalue weighted by Crippen LogP contribution is 2.08. The van der Waals surface area contributed by atoms with Gasteiger partial charge in [-0.3, -0.25) is 9.69 Å². The number of nitrogens with zero attached hydrogens (tertiary/aromatic N) is 2. The molecule has 0 aliphatic carbocycles. The van der Waals surface area contributed by atoms with Gasteiger partial charge in [-0.1, -0.05) is 6.07 Å². The molecular weight excluding hydrogens is 290 g/mol. The highest BCUT2D eigenvalue weighted by Gasteiger charge is 2.20. The van der Waals surface area contributed by atoms with E-state index in [1.54, 1.807) is 16.2 Å². The number of rotatable bonds is 5. The Morgan fingerprint density at radius 3 is 2.71 bits per heavy atom. The fourth-order valence-electron chi connectivity index (χ4n) is 2.27. The van der Waals surface area contributed by atoms with Gasteiger partial charge in [-0.25, -0.2) is 4.79 Å². The van der Waals surface area contributed by atoms with Gasteiger partial charge in [0.1, 0.15) is 0 Å². The third-order valence-electron chi connectivity index (χ3n) is 3.47. The molecule has 1 fully saturated rings. The van der Waals surface area contributed by atoms with Crippen LogP contribution in [-0.4, -0.2) is 68.2 Å². The molecule has 2 heterocycles. The van der Waals surface area contributed by atoms with Gasteiger partial charge in [0.2, 0.25) is 5.91 Å². The molecule has 1 N–H and O–H groups in total. The number of piperazine rings is 1. The quantitative estimate of drug-likeness (QED) is 0.873. The standard InChI is InChI=1S/C14H21N3O3S/c1-20-14(19)17-8-6-16(7-9-17)5-4-15-13(18)11-12-3-2-10-21-12/h2-3,10H,4-9,11H2,1H3,(H,15,18). The lowest BCUT2D eigenvalue weighted by molar-refractivity contribution is -0.120. The highest BCUT2D eigenvalue weighted by atomic mass is 32.1. The molecule has 1 aromatic rings. The van der Waals surface area contributed by atoms with Gasteiger partial charge in [0.05, 0.1) is 13.5 Å². The number of hydrogen-bond donors (Lipinski definition) is 1. The Labute approximate surface area is 128 Å². The smallest absolute Gasteiger partial charge is 0.409 e. The van der Waals surface area contributed by atoms with Crippen molar-refractivity contribution in [3.8, 4) is 0 Å². The number of carbonyl (C=O) groups excluding carboxylic acids is 2. The molecule has 0 saturated carbocycles. The van der Waals surface area contributed by atoms with Crippen LogP contribution in [0.15, 0.2) is 17.5 Å². The number of thiophene rings is 1. The summed E-state index contributed by atoms with van der Waals surface area (Å²) in [5.41, 5.74) is 0. The van der Waals surface area contributed by atoms with Crippen LogP contribution in [0.3, 0.4) is 0 Å². The molecule has 0 radical (unpaired) electrons. The Morgan fingerprint density at radius 2 is 2.10 bits per heavy atom. The van der Waals surface area contributed by atoms with E-state index in [9.17, 15) is 9.59 Å². The van der Waals surface area contributed by atoms with Crippen LogP contribution in [0.5, 0.6) is 0 Å². The van der Waals surface area contributed by atoms with Gasteiger partial charge in [0.25, 0.3) is 0 Å². The van der Waals surface area contributed by atoms with Gasteiger partial charge in [-0.05, 0) is 11.4 Å². The predicted molar refractivity (Wildman–Crippen MR) is 81.5 cm³/mol. The van der Waals surface area contributed by atoms with Crippen molar-refractivity contribution in [2.75, 3.05) is 46.4 Å². The largest absolute Gasteiger partial charge is 0.453 e. The number of hydrogen-bond acceptors (Lipinski definition) is 5. The normalized spacial score (nSPS) is 15.8. The van der Waals surface area contributed by atoms with Crippen LogP contribution in [0, 0.1) is 0 Å². The van der Waals surface area contributed by atoms with Gasteiger partial charge < -0.3 is 15.0 Å². The van der Waals surface area contributed by atoms with Crippen LogP contribution in [0.2, 0.25) is 0 Å². The average molecular weight is 311 g/mol. The summed E-state index contributed by atoms with van der Waals surface area (Å²) in [6.45, 7) is 4.44. The number of ether oxygens (including phenoxy) is 1. The van der Waals surface area contributed by atoms with E-state index in [4.69, 9.17) is 4.74 Å². The molecule has 116 valence electrons. The van der Waals surface area contributed by atoms with Crippen LogP contribution in [0.4, 0.5) is 4.79 Å². The van der Waals surface area contributed by atoms with E-state index in [-0.39, 0.29) is 12.0 Å². The summed E-state index contributed by atoms with van der Waals surface area (Å²) in [5, 5.41) is 4.91. The molecule has 1 aliphatic heterocycles. The Morgan fingerprint density at radius 1 is 1.33 bits per heavy atom. The zero-order valence-electron chi connectivity index (χ0n) is 12.2. The summed E-state index contributed by atoms with van der Waals surface area (Å²) >= 11 is 1.60. The zero-order chi connectivity index (χ0) is 15.1. The summed E-state index contributed by atoms with van der Waals surface area (Å²) in [6.07, 6.45) is 0.187. The highest BCUT2D eigenvalue weighted by molar-refractivity contribution is 7.10. The SMILES string of the molecule is COC(=O)N1CCN(CCNC(=O)Cc2cccs2)CC1. The predicted octanol–water partition coefficient (Wildman–Crippen LogP) is 0.791. The molecular formula is C14H21N3O3S. The molecule has 1 aliphatic rings. The minimum Gasteiger partial charge on any atom is -0.453 e. The molecule has 1 saturated heterocycles. The van der Waals surface area contributed by atoms with Crippen molar-refractivity contribution in [1.29, 1.82) is 0 Å². The van der Waals surface area contributed by atoms with Gasteiger partial charge in [-0.15, -0.1) is 11.3 Å². The summed E-state index contributed by atoms with van der Waals surface area (Å²) < 4.78 is 4.70. The first-order valence-corrected chi connectivity index (χ1v) is 7.91. The Hall–Kier alpha value is -1.60. The van der Waals surface area contributed by atoms with Crippen molar-refractivity contribution >= 4 is 23.3 Å². The summed E-state index contributed by atoms with van der Waals surface area (Å²) in [5.74, 6) is 0.0608. The van der Waals surface area contributed by atoms with Gasteiger partial charge in [0, 0.05) is 44.1 Å². The Bertz CT molecular complexity index is 456. The molecule has 0 bridgehead atoms. The second-order valence-corrected chi connectivity index (χ2v) is 5.94. The van der Waals surface area contributed by atoms with E-state index < -0.39 is 0 Å². The van der Waals surface area contributed by atoms with E-state index in [0.29, 0.717) is 26.1 Å². The van der Waals surface area contributed by atoms with Crippen LogP contribution < -0.4 is 5.32 Å². The lowest BCUT2D eigenvalue weighted by Crippen LogP contribution is -2.50. The maximum absolute atomic E-state index is 11.7. The number of carbonyl (C=O) groups is 2. The molecule has 1 aromatic heterocycles. The Kier molecular flexibility index (Phi) is 6.01. The second kappa shape index (κ2) is 7.99. The van der Waals surface area contributed by atoms with E-state index in [2.05, 4.69) is 10.2 Å². The molecule has 2 amide bonds. The summed E-state index contributed by atoms with van der Waals surface area (Å²) in [4.78, 5) is 28.1. The molecule has 0 unspecified atom stereocenters. The van der Waals surface area contributed by atoms with Crippen molar-refractivity contribution < 1.29 is 14.3 Å². The first-order valence-electron chi connectivity index (χ1n) is 7.03. The molecule has 0 atom stereocenters. The minimum absolute atomic E-state index is 0.0608.